The van der Waals surface area contributed by atoms with E-state index in [1.54, 1.807) is 10.8 Å². The second-order valence-corrected chi connectivity index (χ2v) is 6.34. The number of imidazole rings is 1. The molecule has 0 bridgehead atoms. The first-order valence-corrected chi connectivity index (χ1v) is 7.83. The highest BCUT2D eigenvalue weighted by Gasteiger charge is 2.29. The van der Waals surface area contributed by atoms with Gasteiger partial charge in [-0.1, -0.05) is 18.6 Å². The standard InChI is InChI=1S/C14H22BN4O2/c20-13(10-19-6-3-16-14(19)17-21)9-18-4-1-11(2-5-18)7-12-8-15-12/h3,6,11-13,20H,1-2,4-5,7-10H2. The number of nitroso groups, excluding NO2 is 1. The number of β-amino-alcohol motifs (C(OH)–C–C–N with tert-alkyl or cyclic N) is 1. The number of hydrogen-bond donors (Lipinski definition) is 1. The van der Waals surface area contributed by atoms with Crippen molar-refractivity contribution in [1.29, 1.82) is 0 Å². The quantitative estimate of drug-likeness (QED) is 0.612. The minimum absolute atomic E-state index is 0.133. The van der Waals surface area contributed by atoms with E-state index in [-0.39, 0.29) is 5.95 Å². The molecule has 2 fully saturated rings. The molecule has 1 aromatic rings. The van der Waals surface area contributed by atoms with Gasteiger partial charge >= 0.3 is 0 Å². The first-order valence-electron chi connectivity index (χ1n) is 7.83. The first-order chi connectivity index (χ1) is 10.2. The summed E-state index contributed by atoms with van der Waals surface area (Å²) in [5.41, 5.74) is 0. The van der Waals surface area contributed by atoms with E-state index in [0.717, 1.165) is 24.8 Å². The van der Waals surface area contributed by atoms with E-state index in [2.05, 4.69) is 22.3 Å². The van der Waals surface area contributed by atoms with Crippen molar-refractivity contribution in [3.8, 4) is 0 Å². The van der Waals surface area contributed by atoms with Crippen LogP contribution in [0.25, 0.3) is 0 Å². The normalized spacial score (nSPS) is 24.5. The van der Waals surface area contributed by atoms with Crippen molar-refractivity contribution >= 4 is 13.2 Å². The Morgan fingerprint density at radius 1 is 1.43 bits per heavy atom. The molecule has 7 heteroatoms. The number of piperidine rings is 1. The van der Waals surface area contributed by atoms with Crippen LogP contribution in [0, 0.1) is 10.8 Å². The van der Waals surface area contributed by atoms with Crippen LogP contribution in [0.1, 0.15) is 19.3 Å². The van der Waals surface area contributed by atoms with Gasteiger partial charge in [-0.3, -0.25) is 0 Å². The van der Waals surface area contributed by atoms with Gasteiger partial charge in [-0.25, -0.2) is 4.98 Å². The molecule has 0 spiro atoms. The van der Waals surface area contributed by atoms with Crippen LogP contribution in [-0.4, -0.2) is 52.6 Å². The molecule has 1 N–H and O–H groups in total. The molecule has 0 aromatic carbocycles. The van der Waals surface area contributed by atoms with E-state index in [9.17, 15) is 10.0 Å². The Morgan fingerprint density at radius 3 is 2.86 bits per heavy atom. The Hall–Kier alpha value is -1.21. The third-order valence-corrected chi connectivity index (χ3v) is 4.56. The summed E-state index contributed by atoms with van der Waals surface area (Å²) in [6, 6.07) is 0. The highest BCUT2D eigenvalue weighted by molar-refractivity contribution is 6.50. The Balaban J connectivity index is 1.41. The van der Waals surface area contributed by atoms with Crippen molar-refractivity contribution in [3.63, 3.8) is 0 Å². The van der Waals surface area contributed by atoms with Crippen LogP contribution in [0.3, 0.4) is 0 Å². The predicted octanol–water partition coefficient (Wildman–Crippen LogP) is 1.67. The molecule has 2 aliphatic heterocycles. The molecule has 21 heavy (non-hydrogen) atoms. The minimum atomic E-state index is -0.493. The topological polar surface area (TPSA) is 70.7 Å². The zero-order chi connectivity index (χ0) is 14.7. The summed E-state index contributed by atoms with van der Waals surface area (Å²) in [7, 11) is 2.40. The van der Waals surface area contributed by atoms with Crippen molar-refractivity contribution in [3.05, 3.63) is 17.3 Å². The van der Waals surface area contributed by atoms with Crippen LogP contribution in [0.4, 0.5) is 5.95 Å². The van der Waals surface area contributed by atoms with Crippen molar-refractivity contribution in [2.45, 2.75) is 44.0 Å². The van der Waals surface area contributed by atoms with Gasteiger partial charge in [-0.05, 0) is 31.8 Å². The lowest BCUT2D eigenvalue weighted by atomic mass is 9.87. The molecule has 2 aliphatic rings. The summed E-state index contributed by atoms with van der Waals surface area (Å²) in [6.45, 7) is 3.16. The van der Waals surface area contributed by atoms with E-state index in [4.69, 9.17) is 0 Å². The molecule has 3 heterocycles. The van der Waals surface area contributed by atoms with Gasteiger partial charge in [0.15, 0.2) is 0 Å². The fraction of sp³-hybridized carbons (Fsp3) is 0.786. The second kappa shape index (κ2) is 6.70. The molecule has 1 radical (unpaired) electrons. The van der Waals surface area contributed by atoms with Gasteiger partial charge in [0.05, 0.1) is 12.6 Å². The predicted molar refractivity (Wildman–Crippen MR) is 81.8 cm³/mol. The second-order valence-electron chi connectivity index (χ2n) is 6.34. The lowest BCUT2D eigenvalue weighted by Crippen LogP contribution is -2.40. The largest absolute Gasteiger partial charge is 0.390 e. The zero-order valence-electron chi connectivity index (χ0n) is 12.3. The van der Waals surface area contributed by atoms with E-state index >= 15 is 0 Å². The van der Waals surface area contributed by atoms with Gasteiger partial charge in [0.1, 0.15) is 7.28 Å². The van der Waals surface area contributed by atoms with E-state index < -0.39 is 6.10 Å². The van der Waals surface area contributed by atoms with Gasteiger partial charge in [-0.15, -0.1) is 4.91 Å². The Bertz CT molecular complexity index is 469. The molecule has 0 amide bonds. The molecule has 0 saturated carbocycles. The molecule has 2 unspecified atom stereocenters. The maximum atomic E-state index is 10.6. The summed E-state index contributed by atoms with van der Waals surface area (Å²) in [4.78, 5) is 16.7. The van der Waals surface area contributed by atoms with Crippen LogP contribution < -0.4 is 0 Å². The van der Waals surface area contributed by atoms with Crippen LogP contribution in [0.15, 0.2) is 17.6 Å². The number of aromatic nitrogens is 2. The molecule has 113 valence electrons. The maximum Gasteiger partial charge on any atom is 0.271 e. The molecule has 0 aliphatic carbocycles. The van der Waals surface area contributed by atoms with Crippen molar-refractivity contribution < 1.29 is 5.11 Å². The summed E-state index contributed by atoms with van der Waals surface area (Å²) >= 11 is 0. The zero-order valence-corrected chi connectivity index (χ0v) is 12.3. The first kappa shape index (κ1) is 14.7. The smallest absolute Gasteiger partial charge is 0.271 e. The van der Waals surface area contributed by atoms with Crippen molar-refractivity contribution in [2.24, 2.45) is 11.1 Å². The van der Waals surface area contributed by atoms with Crippen molar-refractivity contribution in [1.82, 2.24) is 14.5 Å². The van der Waals surface area contributed by atoms with Gasteiger partial charge in [0.25, 0.3) is 5.95 Å². The number of rotatable bonds is 7. The highest BCUT2D eigenvalue weighted by atomic mass is 16.3. The third-order valence-electron chi connectivity index (χ3n) is 4.56. The average molecular weight is 289 g/mol. The molecule has 1 aromatic heterocycles. The van der Waals surface area contributed by atoms with Gasteiger partial charge in [0, 0.05) is 24.1 Å². The Morgan fingerprint density at radius 2 is 2.19 bits per heavy atom. The summed E-state index contributed by atoms with van der Waals surface area (Å²) in [5, 5.41) is 13.0. The van der Waals surface area contributed by atoms with Crippen LogP contribution in [0.5, 0.6) is 0 Å². The summed E-state index contributed by atoms with van der Waals surface area (Å²) in [6.07, 6.45) is 7.87. The van der Waals surface area contributed by atoms with Gasteiger partial charge in [0.2, 0.25) is 0 Å². The van der Waals surface area contributed by atoms with Gasteiger partial charge < -0.3 is 14.6 Å². The fourth-order valence-corrected chi connectivity index (χ4v) is 3.24. The van der Waals surface area contributed by atoms with Crippen molar-refractivity contribution in [2.75, 3.05) is 19.6 Å². The Kier molecular flexibility index (Phi) is 4.70. The monoisotopic (exact) mass is 289 g/mol. The number of aliphatic hydroxyl groups excluding tert-OH is 1. The molecular weight excluding hydrogens is 267 g/mol. The molecule has 2 atom stereocenters. The molecule has 2 saturated heterocycles. The number of likely N-dealkylation sites (tertiary alicyclic amines) is 1. The highest BCUT2D eigenvalue weighted by Crippen LogP contribution is 2.37. The third kappa shape index (κ3) is 4.14. The van der Waals surface area contributed by atoms with E-state index in [1.807, 2.05) is 0 Å². The number of nitrogens with zero attached hydrogens (tertiary/aromatic N) is 4. The lowest BCUT2D eigenvalue weighted by Gasteiger charge is -2.33. The summed E-state index contributed by atoms with van der Waals surface area (Å²) in [5.74, 6) is 1.89. The number of aliphatic hydroxyl groups is 1. The molecule has 6 nitrogen and oxygen atoms in total. The Labute approximate surface area is 125 Å². The lowest BCUT2D eigenvalue weighted by molar-refractivity contribution is 0.0777. The fourth-order valence-electron chi connectivity index (χ4n) is 3.24. The van der Waals surface area contributed by atoms with Gasteiger partial charge in [-0.2, -0.15) is 0 Å². The average Bonchev–Trinajstić information content (AvgIpc) is 3.18. The van der Waals surface area contributed by atoms with E-state index in [0.29, 0.717) is 13.1 Å². The molecular formula is C14H22BN4O2. The van der Waals surface area contributed by atoms with Crippen LogP contribution in [0.2, 0.25) is 12.1 Å². The van der Waals surface area contributed by atoms with E-state index in [1.165, 1.54) is 31.8 Å². The van der Waals surface area contributed by atoms with Crippen LogP contribution in [-0.2, 0) is 6.54 Å². The van der Waals surface area contributed by atoms with Crippen LogP contribution >= 0.6 is 0 Å². The minimum Gasteiger partial charge on any atom is -0.390 e. The SMILES string of the molecule is O=Nc1nccn1CC(O)CN1CCC(CC2[B]C2)CC1. The molecule has 3 rings (SSSR count). The number of hydrogen-bond acceptors (Lipinski definition) is 5. The maximum absolute atomic E-state index is 10.6. The summed E-state index contributed by atoms with van der Waals surface area (Å²) < 4.78 is 1.60.